The number of nitriles is 1. The molecule has 1 saturated carbocycles. The van der Waals surface area contributed by atoms with Crippen LogP contribution in [0.1, 0.15) is 31.2 Å². The molecule has 1 aromatic carbocycles. The number of benzene rings is 1. The zero-order chi connectivity index (χ0) is 15.5. The first-order valence-electron chi connectivity index (χ1n) is 7.04. The number of hydrogen-bond acceptors (Lipinski definition) is 5. The van der Waals surface area contributed by atoms with Gasteiger partial charge < -0.3 is 10.5 Å². The highest BCUT2D eigenvalue weighted by Gasteiger charge is 2.39. The van der Waals surface area contributed by atoms with E-state index in [9.17, 15) is 10.1 Å². The van der Waals surface area contributed by atoms with Crippen LogP contribution in [0.4, 0.5) is 5.69 Å². The van der Waals surface area contributed by atoms with Gasteiger partial charge in [-0.3, -0.25) is 10.1 Å². The molecule has 112 valence electrons. The molecule has 6 heteroatoms. The Hall–Kier alpha value is -2.13. The van der Waals surface area contributed by atoms with Crippen LogP contribution in [0, 0.1) is 34.3 Å². The van der Waals surface area contributed by atoms with Crippen LogP contribution in [-0.4, -0.2) is 17.1 Å². The van der Waals surface area contributed by atoms with Gasteiger partial charge in [0, 0.05) is 6.07 Å². The van der Waals surface area contributed by atoms with Crippen molar-refractivity contribution in [2.24, 2.45) is 11.7 Å². The van der Waals surface area contributed by atoms with E-state index in [0.717, 1.165) is 18.4 Å². The molecular formula is C15H19N3O3. The van der Waals surface area contributed by atoms with Gasteiger partial charge in [0.1, 0.15) is 5.54 Å². The number of rotatable bonds is 5. The van der Waals surface area contributed by atoms with Crippen molar-refractivity contribution in [3.8, 4) is 11.8 Å². The Balaban J connectivity index is 2.00. The van der Waals surface area contributed by atoms with Gasteiger partial charge in [0.2, 0.25) is 0 Å². The van der Waals surface area contributed by atoms with Crippen molar-refractivity contribution in [1.82, 2.24) is 0 Å². The molecule has 0 amide bonds. The quantitative estimate of drug-likeness (QED) is 0.663. The lowest BCUT2D eigenvalue weighted by Gasteiger charge is -2.23. The van der Waals surface area contributed by atoms with Crippen LogP contribution in [0.15, 0.2) is 18.2 Å². The second-order valence-corrected chi connectivity index (χ2v) is 5.61. The monoisotopic (exact) mass is 289 g/mol. The molecule has 1 aliphatic rings. The van der Waals surface area contributed by atoms with Gasteiger partial charge >= 0.3 is 5.69 Å². The van der Waals surface area contributed by atoms with E-state index in [1.165, 1.54) is 6.07 Å². The summed E-state index contributed by atoms with van der Waals surface area (Å²) in [6.07, 6.45) is 3.19. The smallest absolute Gasteiger partial charge is 0.310 e. The molecule has 2 N–H and O–H groups in total. The normalized spacial score (nSPS) is 24.5. The first kappa shape index (κ1) is 15.3. The average Bonchev–Trinajstić information content (AvgIpc) is 2.81. The highest BCUT2D eigenvalue weighted by Crippen LogP contribution is 2.36. The second-order valence-electron chi connectivity index (χ2n) is 5.61. The first-order chi connectivity index (χ1) is 9.96. The number of nitrogens with two attached hydrogens (primary N) is 1. The molecule has 1 fully saturated rings. The van der Waals surface area contributed by atoms with Crippen molar-refractivity contribution in [2.75, 3.05) is 6.61 Å². The Bertz CT molecular complexity index is 582. The van der Waals surface area contributed by atoms with Gasteiger partial charge in [-0.1, -0.05) is 12.5 Å². The number of ether oxygens (including phenoxy) is 1. The van der Waals surface area contributed by atoms with E-state index < -0.39 is 10.5 Å². The van der Waals surface area contributed by atoms with Gasteiger partial charge in [-0.05, 0) is 43.7 Å². The van der Waals surface area contributed by atoms with Crippen LogP contribution in [0.2, 0.25) is 0 Å². The maximum atomic E-state index is 11.0. The van der Waals surface area contributed by atoms with Crippen molar-refractivity contribution in [2.45, 2.75) is 38.1 Å². The largest absolute Gasteiger partial charge is 0.487 e. The van der Waals surface area contributed by atoms with Crippen molar-refractivity contribution in [1.29, 1.82) is 5.26 Å². The third-order valence-electron chi connectivity index (χ3n) is 4.12. The number of nitro benzene ring substituents is 1. The minimum absolute atomic E-state index is 0.0358. The Morgan fingerprint density at radius 1 is 1.62 bits per heavy atom. The van der Waals surface area contributed by atoms with E-state index in [0.29, 0.717) is 19.4 Å². The summed E-state index contributed by atoms with van der Waals surface area (Å²) < 4.78 is 5.57. The molecule has 2 unspecified atom stereocenters. The van der Waals surface area contributed by atoms with Crippen LogP contribution >= 0.6 is 0 Å². The predicted molar refractivity (Wildman–Crippen MR) is 77.8 cm³/mol. The van der Waals surface area contributed by atoms with Gasteiger partial charge in [-0.15, -0.1) is 0 Å². The Labute approximate surface area is 123 Å². The third-order valence-corrected chi connectivity index (χ3v) is 4.12. The van der Waals surface area contributed by atoms with E-state index in [1.807, 2.05) is 6.92 Å². The molecule has 0 saturated heterocycles. The van der Waals surface area contributed by atoms with Gasteiger partial charge in [-0.2, -0.15) is 5.26 Å². The molecule has 2 atom stereocenters. The van der Waals surface area contributed by atoms with Gasteiger partial charge in [0.05, 0.1) is 17.6 Å². The van der Waals surface area contributed by atoms with E-state index in [1.54, 1.807) is 12.1 Å². The van der Waals surface area contributed by atoms with Gasteiger partial charge in [0.15, 0.2) is 5.75 Å². The Morgan fingerprint density at radius 2 is 2.38 bits per heavy atom. The topological polar surface area (TPSA) is 102 Å². The lowest BCUT2D eigenvalue weighted by Crippen LogP contribution is -2.42. The molecule has 0 heterocycles. The average molecular weight is 289 g/mol. The number of aryl methyl sites for hydroxylation is 1. The van der Waals surface area contributed by atoms with E-state index >= 15 is 0 Å². The predicted octanol–water partition coefficient (Wildman–Crippen LogP) is 2.69. The fraction of sp³-hybridized carbons (Fsp3) is 0.533. The van der Waals surface area contributed by atoms with Crippen LogP contribution in [0.3, 0.4) is 0 Å². The van der Waals surface area contributed by atoms with Crippen LogP contribution < -0.4 is 10.5 Å². The maximum Gasteiger partial charge on any atom is 0.310 e. The Kier molecular flexibility index (Phi) is 4.43. The summed E-state index contributed by atoms with van der Waals surface area (Å²) >= 11 is 0. The number of nitrogens with zero attached hydrogens (tertiary/aromatic N) is 2. The molecule has 6 nitrogen and oxygen atoms in total. The molecular weight excluding hydrogens is 270 g/mol. The molecule has 1 aliphatic carbocycles. The molecule has 1 aromatic rings. The highest BCUT2D eigenvalue weighted by atomic mass is 16.6. The minimum Gasteiger partial charge on any atom is -0.487 e. The van der Waals surface area contributed by atoms with Gasteiger partial charge in [0.25, 0.3) is 0 Å². The van der Waals surface area contributed by atoms with E-state index in [-0.39, 0.29) is 17.4 Å². The zero-order valence-electron chi connectivity index (χ0n) is 12.0. The third kappa shape index (κ3) is 3.31. The van der Waals surface area contributed by atoms with Crippen molar-refractivity contribution in [3.63, 3.8) is 0 Å². The molecule has 0 aliphatic heterocycles. The minimum atomic E-state index is -0.776. The number of hydrogen-bond donors (Lipinski definition) is 1. The summed E-state index contributed by atoms with van der Waals surface area (Å²) in [5.74, 6) is 0.365. The van der Waals surface area contributed by atoms with Crippen LogP contribution in [-0.2, 0) is 0 Å². The van der Waals surface area contributed by atoms with Gasteiger partial charge in [-0.25, -0.2) is 0 Å². The first-order valence-corrected chi connectivity index (χ1v) is 7.04. The molecule has 0 spiro atoms. The van der Waals surface area contributed by atoms with E-state index in [2.05, 4.69) is 6.07 Å². The molecule has 2 rings (SSSR count). The summed E-state index contributed by atoms with van der Waals surface area (Å²) in [7, 11) is 0. The molecule has 21 heavy (non-hydrogen) atoms. The maximum absolute atomic E-state index is 11.0. The summed E-state index contributed by atoms with van der Waals surface area (Å²) in [5.41, 5.74) is 6.15. The van der Waals surface area contributed by atoms with Crippen molar-refractivity contribution < 1.29 is 9.66 Å². The molecule has 0 radical (unpaired) electrons. The lowest BCUT2D eigenvalue weighted by atomic mass is 9.87. The summed E-state index contributed by atoms with van der Waals surface area (Å²) in [4.78, 5) is 10.5. The summed E-state index contributed by atoms with van der Waals surface area (Å²) in [6, 6.07) is 6.98. The molecule has 0 aromatic heterocycles. The fourth-order valence-corrected chi connectivity index (χ4v) is 2.85. The fourth-order valence-electron chi connectivity index (χ4n) is 2.85. The standard InChI is InChI=1S/C15H19N3O3/c1-11-4-5-13(18(19)20)14(9-11)21-8-6-12-3-2-7-15(12,17)10-16/h4-5,9,12H,2-3,6-8,17H2,1H3. The summed E-state index contributed by atoms with van der Waals surface area (Å²) in [6.45, 7) is 2.18. The lowest BCUT2D eigenvalue weighted by molar-refractivity contribution is -0.385. The number of nitro groups is 1. The van der Waals surface area contributed by atoms with E-state index in [4.69, 9.17) is 15.7 Å². The highest BCUT2D eigenvalue weighted by molar-refractivity contribution is 5.48. The van der Waals surface area contributed by atoms with Crippen LogP contribution in [0.25, 0.3) is 0 Å². The Morgan fingerprint density at radius 3 is 3.05 bits per heavy atom. The zero-order valence-corrected chi connectivity index (χ0v) is 12.0. The molecule has 0 bridgehead atoms. The summed E-state index contributed by atoms with van der Waals surface area (Å²) in [5, 5.41) is 20.1. The van der Waals surface area contributed by atoms with Crippen molar-refractivity contribution >= 4 is 5.69 Å². The van der Waals surface area contributed by atoms with Crippen LogP contribution in [0.5, 0.6) is 5.75 Å². The van der Waals surface area contributed by atoms with Crippen molar-refractivity contribution in [3.05, 3.63) is 33.9 Å². The SMILES string of the molecule is Cc1ccc([N+](=O)[O-])c(OCCC2CCCC2(N)C#N)c1. The second kappa shape index (κ2) is 6.10.